The van der Waals surface area contributed by atoms with Gasteiger partial charge in [-0.05, 0) is 6.07 Å². The first-order valence-electron chi connectivity index (χ1n) is 13.0. The smallest absolute Gasteiger partial charge is 0.177 e. The average molecular weight is 594 g/mol. The first kappa shape index (κ1) is 32.3. The van der Waals surface area contributed by atoms with E-state index < -0.39 is 111 Å². The van der Waals surface area contributed by atoms with Crippen molar-refractivity contribution in [2.45, 2.75) is 91.4 Å². The third kappa shape index (κ3) is 5.83. The molecule has 6 unspecified atom stereocenters. The van der Waals surface area contributed by atoms with Gasteiger partial charge in [-0.2, -0.15) is 0 Å². The highest BCUT2D eigenvalue weighted by Gasteiger charge is 2.57. The molecule has 3 aliphatic heterocycles. The summed E-state index contributed by atoms with van der Waals surface area (Å²) in [6, 6.07) is 1.47. The Morgan fingerprint density at radius 3 is 1.85 bits per heavy atom. The molecule has 0 aliphatic carbocycles. The van der Waals surface area contributed by atoms with Crippen LogP contribution < -0.4 is 17.2 Å². The molecule has 0 bridgehead atoms. The number of hydrogen-bond acceptors (Lipinski definition) is 17. The van der Waals surface area contributed by atoms with E-state index in [1.54, 1.807) is 0 Å². The lowest BCUT2D eigenvalue weighted by atomic mass is 9.80. The van der Waals surface area contributed by atoms with Crippen molar-refractivity contribution in [3.63, 3.8) is 0 Å². The minimum absolute atomic E-state index is 0.0751. The molecule has 3 fully saturated rings. The van der Waals surface area contributed by atoms with E-state index in [-0.39, 0.29) is 11.3 Å². The van der Waals surface area contributed by atoms with Crippen LogP contribution in [0.5, 0.6) is 5.75 Å². The first-order chi connectivity index (χ1) is 19.4. The molecule has 0 radical (unpaired) electrons. The molecule has 41 heavy (non-hydrogen) atoms. The summed E-state index contributed by atoms with van der Waals surface area (Å²) in [6.07, 6.45) is -16.9. The van der Waals surface area contributed by atoms with Gasteiger partial charge in [-0.3, -0.25) is 0 Å². The number of aromatic hydroxyl groups is 1. The summed E-state index contributed by atoms with van der Waals surface area (Å²) >= 11 is 0. The topological polar surface area (TPSA) is 306 Å². The summed E-state index contributed by atoms with van der Waals surface area (Å²) in [5, 5.41) is 93.3. The van der Waals surface area contributed by atoms with Gasteiger partial charge in [0.05, 0.1) is 37.9 Å². The largest absolute Gasteiger partial charge is 0.508 e. The van der Waals surface area contributed by atoms with E-state index in [2.05, 4.69) is 0 Å². The lowest BCUT2D eigenvalue weighted by Crippen LogP contribution is -2.70. The van der Waals surface area contributed by atoms with Gasteiger partial charge in [0, 0.05) is 5.56 Å². The zero-order chi connectivity index (χ0) is 30.2. The number of rotatable bonds is 8. The summed E-state index contributed by atoms with van der Waals surface area (Å²) in [5.74, 6) is -0.361. The second-order valence-electron chi connectivity index (χ2n) is 10.4. The van der Waals surface area contributed by atoms with Crippen LogP contribution in [0.25, 0.3) is 0 Å². The van der Waals surface area contributed by atoms with E-state index >= 15 is 0 Å². The standard InChI is InChI=1S/C24H39N3O14/c25-12-15(32)18(10(5-28)37-21(12)36)39-22-13(26)16(33)19(11(6-29)38-22)40-23-14(27)17(34)20(35)24(7-30,41-23)8-3-1-2-4-9(8)31/h1-4,10-23,28-36H,5-7,25-27H2/t10-,11-,12?,13?,14-,15?,16-,17-,18?,19?,20+,21?,22+,23-,24+/m1/s1. The molecule has 1 aromatic rings. The molecule has 0 spiro atoms. The SMILES string of the molecule is NC1C(O)O[C@H](CO)C(O[C@@H]2O[C@H](CO)C(O[C@@H]3O[C@@](CO)(c4ccccc4O)[C@@H](O)[C@H](O)[C@H]3N)[C@H](O)C2N)C1O. The third-order valence-electron chi connectivity index (χ3n) is 7.84. The molecule has 3 aliphatic rings. The Morgan fingerprint density at radius 1 is 0.732 bits per heavy atom. The summed E-state index contributed by atoms with van der Waals surface area (Å²) in [6.45, 7) is -2.37. The van der Waals surface area contributed by atoms with E-state index in [0.717, 1.165) is 0 Å². The highest BCUT2D eigenvalue weighted by atomic mass is 16.7. The number of nitrogens with two attached hydrogens (primary N) is 3. The number of aliphatic hydroxyl groups is 8. The van der Waals surface area contributed by atoms with Crippen molar-refractivity contribution in [3.8, 4) is 5.75 Å². The lowest BCUT2D eigenvalue weighted by molar-refractivity contribution is -0.363. The van der Waals surface area contributed by atoms with E-state index in [4.69, 9.17) is 40.9 Å². The second-order valence-corrected chi connectivity index (χ2v) is 10.4. The molecule has 1 aromatic carbocycles. The van der Waals surface area contributed by atoms with Crippen molar-refractivity contribution in [2.24, 2.45) is 17.2 Å². The van der Waals surface area contributed by atoms with E-state index in [1.165, 1.54) is 24.3 Å². The molecular formula is C24H39N3O14. The number of ether oxygens (including phenoxy) is 5. The minimum Gasteiger partial charge on any atom is -0.508 e. The highest BCUT2D eigenvalue weighted by Crippen LogP contribution is 2.42. The van der Waals surface area contributed by atoms with Gasteiger partial charge in [-0.1, -0.05) is 18.2 Å². The third-order valence-corrected chi connectivity index (χ3v) is 7.84. The molecule has 3 heterocycles. The van der Waals surface area contributed by atoms with Gasteiger partial charge >= 0.3 is 0 Å². The Bertz CT molecular complexity index is 1010. The Hall–Kier alpha value is -1.62. The molecule has 17 heteroatoms. The fourth-order valence-corrected chi connectivity index (χ4v) is 5.35. The van der Waals surface area contributed by atoms with Gasteiger partial charge in [0.25, 0.3) is 0 Å². The summed E-state index contributed by atoms with van der Waals surface area (Å²) in [4.78, 5) is 0. The van der Waals surface area contributed by atoms with Crippen molar-refractivity contribution < 1.29 is 69.6 Å². The molecule has 0 saturated carbocycles. The number of para-hydroxylation sites is 1. The summed E-state index contributed by atoms with van der Waals surface area (Å²) in [7, 11) is 0. The van der Waals surface area contributed by atoms with Crippen LogP contribution in [0.3, 0.4) is 0 Å². The van der Waals surface area contributed by atoms with E-state index in [1.807, 2.05) is 0 Å². The Balaban J connectivity index is 1.55. The van der Waals surface area contributed by atoms with Gasteiger partial charge in [-0.25, -0.2) is 0 Å². The minimum atomic E-state index is -2.10. The number of hydrogen-bond donors (Lipinski definition) is 12. The van der Waals surface area contributed by atoms with Crippen LogP contribution in [0.4, 0.5) is 0 Å². The second kappa shape index (κ2) is 12.9. The lowest BCUT2D eigenvalue weighted by Gasteiger charge is -2.51. The Kier molecular flexibility index (Phi) is 10.2. The van der Waals surface area contributed by atoms with Gasteiger partial charge in [0.1, 0.15) is 54.6 Å². The molecule has 234 valence electrons. The van der Waals surface area contributed by atoms with Gasteiger partial charge in [0.2, 0.25) is 0 Å². The Morgan fingerprint density at radius 2 is 1.27 bits per heavy atom. The molecule has 3 saturated heterocycles. The molecule has 0 aromatic heterocycles. The monoisotopic (exact) mass is 593 g/mol. The highest BCUT2D eigenvalue weighted by molar-refractivity contribution is 5.39. The van der Waals surface area contributed by atoms with Gasteiger partial charge < -0.3 is 86.8 Å². The van der Waals surface area contributed by atoms with E-state index in [9.17, 15) is 46.0 Å². The molecule has 4 rings (SSSR count). The van der Waals surface area contributed by atoms with Crippen LogP contribution in [0.2, 0.25) is 0 Å². The number of phenols is 1. The predicted octanol–water partition coefficient (Wildman–Crippen LogP) is -6.44. The fourth-order valence-electron chi connectivity index (χ4n) is 5.35. The van der Waals surface area contributed by atoms with Crippen LogP contribution in [0.15, 0.2) is 24.3 Å². The van der Waals surface area contributed by atoms with Crippen molar-refractivity contribution in [3.05, 3.63) is 29.8 Å². The first-order valence-corrected chi connectivity index (χ1v) is 13.0. The average Bonchev–Trinajstić information content (AvgIpc) is 2.97. The molecule has 0 amide bonds. The zero-order valence-corrected chi connectivity index (χ0v) is 21.8. The summed E-state index contributed by atoms with van der Waals surface area (Å²) < 4.78 is 28.3. The fraction of sp³-hybridized carbons (Fsp3) is 0.750. The molecule has 17 nitrogen and oxygen atoms in total. The quantitative estimate of drug-likeness (QED) is 0.133. The summed E-state index contributed by atoms with van der Waals surface area (Å²) in [5.41, 5.74) is 15.8. The van der Waals surface area contributed by atoms with Crippen LogP contribution >= 0.6 is 0 Å². The van der Waals surface area contributed by atoms with Crippen molar-refractivity contribution >= 4 is 0 Å². The number of aliphatic hydroxyl groups excluding tert-OH is 8. The van der Waals surface area contributed by atoms with Gasteiger partial charge in [0.15, 0.2) is 24.5 Å². The maximum atomic E-state index is 11.1. The van der Waals surface area contributed by atoms with Gasteiger partial charge in [-0.15, -0.1) is 0 Å². The van der Waals surface area contributed by atoms with Crippen LogP contribution in [-0.4, -0.2) is 152 Å². The van der Waals surface area contributed by atoms with Crippen LogP contribution in [-0.2, 0) is 29.3 Å². The molecule has 15 N–H and O–H groups in total. The normalized spacial score (nSPS) is 47.3. The van der Waals surface area contributed by atoms with E-state index in [0.29, 0.717) is 0 Å². The predicted molar refractivity (Wildman–Crippen MR) is 133 cm³/mol. The number of benzene rings is 1. The molecular weight excluding hydrogens is 554 g/mol. The van der Waals surface area contributed by atoms with Crippen molar-refractivity contribution in [1.82, 2.24) is 0 Å². The zero-order valence-electron chi connectivity index (χ0n) is 21.8. The van der Waals surface area contributed by atoms with Crippen LogP contribution in [0.1, 0.15) is 5.56 Å². The van der Waals surface area contributed by atoms with Crippen molar-refractivity contribution in [2.75, 3.05) is 19.8 Å². The maximum Gasteiger partial charge on any atom is 0.177 e. The Labute approximate surface area is 234 Å². The van der Waals surface area contributed by atoms with Crippen molar-refractivity contribution in [1.29, 1.82) is 0 Å². The number of phenolic OH excluding ortho intramolecular Hbond substituents is 1. The maximum absolute atomic E-state index is 11.1. The van der Waals surface area contributed by atoms with Crippen LogP contribution in [0, 0.1) is 0 Å². The molecule has 15 atom stereocenters.